The highest BCUT2D eigenvalue weighted by Crippen LogP contribution is 2.18. The first-order valence-corrected chi connectivity index (χ1v) is 4.07. The molecule has 0 radical (unpaired) electrons. The minimum Gasteiger partial charge on any atom is -0.372 e. The Morgan fingerprint density at radius 3 is 2.75 bits per heavy atom. The highest BCUT2D eigenvalue weighted by molar-refractivity contribution is 7.99. The molecule has 1 fully saturated rings. The van der Waals surface area contributed by atoms with Gasteiger partial charge in [-0.05, 0) is 5.25 Å². The number of hydrogen-bond acceptors (Lipinski definition) is 2. The van der Waals surface area contributed by atoms with Gasteiger partial charge in [-0.3, -0.25) is 0 Å². The lowest BCUT2D eigenvalue weighted by Gasteiger charge is -1.99. The second-order valence-corrected chi connectivity index (χ2v) is 3.95. The maximum absolute atomic E-state index is 5.04. The standard InChI is InChI=1S/C6H12OS/c1-5(2)8-4-6-3-7-6/h5-6H,3-4H2,1-2H3/t6-/m1/s1. The molecule has 0 aliphatic carbocycles. The van der Waals surface area contributed by atoms with Crippen LogP contribution >= 0.6 is 11.8 Å². The Morgan fingerprint density at radius 2 is 2.38 bits per heavy atom. The monoisotopic (exact) mass is 132 g/mol. The summed E-state index contributed by atoms with van der Waals surface area (Å²) in [5, 5.41) is 0.763. The van der Waals surface area contributed by atoms with Crippen LogP contribution in [0.15, 0.2) is 0 Å². The van der Waals surface area contributed by atoms with Crippen molar-refractivity contribution in [2.45, 2.75) is 25.2 Å². The zero-order valence-corrected chi connectivity index (χ0v) is 6.20. The molecule has 0 N–H and O–H groups in total. The molecule has 0 bridgehead atoms. The van der Waals surface area contributed by atoms with Gasteiger partial charge >= 0.3 is 0 Å². The summed E-state index contributed by atoms with van der Waals surface area (Å²) in [6.45, 7) is 5.43. The van der Waals surface area contributed by atoms with Gasteiger partial charge in [0.05, 0.1) is 12.7 Å². The lowest BCUT2D eigenvalue weighted by atomic mass is 10.6. The third-order valence-electron chi connectivity index (χ3n) is 1.02. The van der Waals surface area contributed by atoms with Crippen molar-refractivity contribution in [3.63, 3.8) is 0 Å². The van der Waals surface area contributed by atoms with Crippen LogP contribution in [0.5, 0.6) is 0 Å². The highest BCUT2D eigenvalue weighted by atomic mass is 32.2. The van der Waals surface area contributed by atoms with Crippen molar-refractivity contribution in [2.24, 2.45) is 0 Å². The molecular weight excluding hydrogens is 120 g/mol. The Labute approximate surface area is 54.8 Å². The first-order valence-electron chi connectivity index (χ1n) is 3.02. The van der Waals surface area contributed by atoms with Gasteiger partial charge in [-0.15, -0.1) is 0 Å². The van der Waals surface area contributed by atoms with Crippen LogP contribution in [0, 0.1) is 0 Å². The zero-order chi connectivity index (χ0) is 5.98. The second-order valence-electron chi connectivity index (χ2n) is 2.34. The molecule has 48 valence electrons. The molecule has 1 aliphatic rings. The first-order chi connectivity index (χ1) is 3.79. The van der Waals surface area contributed by atoms with Crippen molar-refractivity contribution in [1.29, 1.82) is 0 Å². The number of hydrogen-bond donors (Lipinski definition) is 0. The van der Waals surface area contributed by atoms with Gasteiger partial charge in [-0.1, -0.05) is 13.8 Å². The lowest BCUT2D eigenvalue weighted by Crippen LogP contribution is -1.94. The van der Waals surface area contributed by atoms with Crippen LogP contribution < -0.4 is 0 Å². The van der Waals surface area contributed by atoms with Gasteiger partial charge in [0.15, 0.2) is 0 Å². The summed E-state index contributed by atoms with van der Waals surface area (Å²) < 4.78 is 5.04. The summed E-state index contributed by atoms with van der Waals surface area (Å²) in [6, 6.07) is 0. The van der Waals surface area contributed by atoms with Crippen molar-refractivity contribution < 1.29 is 4.74 Å². The molecule has 1 aliphatic heterocycles. The lowest BCUT2D eigenvalue weighted by molar-refractivity contribution is 0.426. The molecule has 0 aromatic rings. The van der Waals surface area contributed by atoms with E-state index in [0.717, 1.165) is 11.9 Å². The van der Waals surface area contributed by atoms with Crippen molar-refractivity contribution in [2.75, 3.05) is 12.4 Å². The van der Waals surface area contributed by atoms with Gasteiger partial charge in [0.1, 0.15) is 0 Å². The van der Waals surface area contributed by atoms with E-state index in [1.165, 1.54) is 5.75 Å². The van der Waals surface area contributed by atoms with E-state index in [2.05, 4.69) is 13.8 Å². The van der Waals surface area contributed by atoms with Gasteiger partial charge in [0.25, 0.3) is 0 Å². The van der Waals surface area contributed by atoms with Crippen molar-refractivity contribution >= 4 is 11.8 Å². The Hall–Kier alpha value is 0.310. The van der Waals surface area contributed by atoms with E-state index in [9.17, 15) is 0 Å². The molecule has 1 atom stereocenters. The van der Waals surface area contributed by atoms with E-state index < -0.39 is 0 Å². The zero-order valence-electron chi connectivity index (χ0n) is 5.39. The van der Waals surface area contributed by atoms with Gasteiger partial charge in [0.2, 0.25) is 0 Å². The molecule has 8 heavy (non-hydrogen) atoms. The Balaban J connectivity index is 1.87. The number of ether oxygens (including phenoxy) is 1. The molecule has 0 aromatic carbocycles. The van der Waals surface area contributed by atoms with Gasteiger partial charge < -0.3 is 4.74 Å². The Bertz CT molecular complexity index is 66.9. The highest BCUT2D eigenvalue weighted by Gasteiger charge is 2.21. The van der Waals surface area contributed by atoms with Crippen LogP contribution in [0.2, 0.25) is 0 Å². The number of epoxide rings is 1. The van der Waals surface area contributed by atoms with Crippen LogP contribution in [-0.4, -0.2) is 23.7 Å². The summed E-state index contributed by atoms with van der Waals surface area (Å²) in [5.41, 5.74) is 0. The van der Waals surface area contributed by atoms with Crippen LogP contribution in [0.25, 0.3) is 0 Å². The molecule has 0 amide bonds. The smallest absolute Gasteiger partial charge is 0.0900 e. The summed E-state index contributed by atoms with van der Waals surface area (Å²) in [7, 11) is 0. The van der Waals surface area contributed by atoms with Gasteiger partial charge in [0, 0.05) is 5.75 Å². The SMILES string of the molecule is CC(C)SC[C@H]1CO1. The van der Waals surface area contributed by atoms with Crippen LogP contribution in [0.3, 0.4) is 0 Å². The van der Waals surface area contributed by atoms with Crippen molar-refractivity contribution in [3.8, 4) is 0 Å². The normalized spacial score (nSPS) is 26.6. The van der Waals surface area contributed by atoms with E-state index in [-0.39, 0.29) is 0 Å². The molecule has 0 aromatic heterocycles. The Morgan fingerprint density at radius 1 is 1.75 bits per heavy atom. The minimum atomic E-state index is 0.599. The molecule has 1 rings (SSSR count). The van der Waals surface area contributed by atoms with E-state index in [1.807, 2.05) is 11.8 Å². The molecule has 0 spiro atoms. The molecular formula is C6H12OS. The average molecular weight is 132 g/mol. The predicted octanol–water partition coefficient (Wildman–Crippen LogP) is 1.53. The molecule has 2 heteroatoms. The first kappa shape index (κ1) is 6.43. The third-order valence-corrected chi connectivity index (χ3v) is 2.25. The fourth-order valence-corrected chi connectivity index (χ4v) is 1.26. The fraction of sp³-hybridized carbons (Fsp3) is 1.00. The fourth-order valence-electron chi connectivity index (χ4n) is 0.464. The maximum atomic E-state index is 5.04. The quantitative estimate of drug-likeness (QED) is 0.540. The summed E-state index contributed by atoms with van der Waals surface area (Å²) in [5.74, 6) is 1.19. The Kier molecular flexibility index (Phi) is 2.20. The maximum Gasteiger partial charge on any atom is 0.0900 e. The molecule has 1 nitrogen and oxygen atoms in total. The van der Waals surface area contributed by atoms with Crippen molar-refractivity contribution in [1.82, 2.24) is 0 Å². The molecule has 1 saturated heterocycles. The summed E-state index contributed by atoms with van der Waals surface area (Å²) in [4.78, 5) is 0. The van der Waals surface area contributed by atoms with Crippen molar-refractivity contribution in [3.05, 3.63) is 0 Å². The average Bonchev–Trinajstić information content (AvgIpc) is 2.41. The van der Waals surface area contributed by atoms with Crippen LogP contribution in [-0.2, 0) is 4.74 Å². The van der Waals surface area contributed by atoms with Gasteiger partial charge in [-0.2, -0.15) is 11.8 Å². The molecule has 1 heterocycles. The van der Waals surface area contributed by atoms with Gasteiger partial charge in [-0.25, -0.2) is 0 Å². The summed E-state index contributed by atoms with van der Waals surface area (Å²) >= 11 is 1.98. The minimum absolute atomic E-state index is 0.599. The van der Waals surface area contributed by atoms with Crippen LogP contribution in [0.1, 0.15) is 13.8 Å². The topological polar surface area (TPSA) is 12.5 Å². The van der Waals surface area contributed by atoms with E-state index in [1.54, 1.807) is 0 Å². The van der Waals surface area contributed by atoms with E-state index in [4.69, 9.17) is 4.74 Å². The number of thioether (sulfide) groups is 1. The van der Waals surface area contributed by atoms with E-state index in [0.29, 0.717) is 6.10 Å². The number of rotatable bonds is 3. The summed E-state index contributed by atoms with van der Waals surface area (Å²) in [6.07, 6.45) is 0.599. The predicted molar refractivity (Wildman–Crippen MR) is 37.3 cm³/mol. The van der Waals surface area contributed by atoms with Crippen LogP contribution in [0.4, 0.5) is 0 Å². The largest absolute Gasteiger partial charge is 0.372 e. The molecule has 0 saturated carbocycles. The second kappa shape index (κ2) is 2.74. The van der Waals surface area contributed by atoms with E-state index >= 15 is 0 Å². The molecule has 0 unspecified atom stereocenters. The third kappa shape index (κ3) is 2.58.